The van der Waals surface area contributed by atoms with E-state index in [4.69, 9.17) is 11.6 Å². The first-order chi connectivity index (χ1) is 8.26. The van der Waals surface area contributed by atoms with Crippen LogP contribution in [0.3, 0.4) is 0 Å². The van der Waals surface area contributed by atoms with Crippen LogP contribution in [0, 0.1) is 11.7 Å². The summed E-state index contributed by atoms with van der Waals surface area (Å²) in [5.41, 5.74) is 1.60. The fraction of sp³-hybridized carbons (Fsp3) is 0.571. The van der Waals surface area contributed by atoms with Crippen molar-refractivity contribution in [2.24, 2.45) is 5.92 Å². The minimum atomic E-state index is -0.149. The Bertz CT molecular complexity index is 376. The van der Waals surface area contributed by atoms with Crippen LogP contribution < -0.4 is 4.90 Å². The van der Waals surface area contributed by atoms with E-state index in [0.717, 1.165) is 24.6 Å². The van der Waals surface area contributed by atoms with E-state index in [0.29, 0.717) is 11.6 Å². The molecule has 17 heavy (non-hydrogen) atoms. The lowest BCUT2D eigenvalue weighted by Crippen LogP contribution is -2.33. The third-order valence-corrected chi connectivity index (χ3v) is 3.90. The lowest BCUT2D eigenvalue weighted by Gasteiger charge is -2.34. The van der Waals surface area contributed by atoms with Gasteiger partial charge in [-0.25, -0.2) is 4.39 Å². The minimum Gasteiger partial charge on any atom is -0.369 e. The zero-order valence-electron chi connectivity index (χ0n) is 10.3. The summed E-state index contributed by atoms with van der Waals surface area (Å²) in [4.78, 5) is 2.14. The second-order valence-electron chi connectivity index (χ2n) is 4.72. The molecule has 3 heteroatoms. The molecule has 0 atom stereocenters. The van der Waals surface area contributed by atoms with Crippen molar-refractivity contribution in [3.63, 3.8) is 0 Å². The summed E-state index contributed by atoms with van der Waals surface area (Å²) in [5, 5.41) is 0. The highest BCUT2D eigenvalue weighted by Crippen LogP contribution is 2.31. The number of hydrogen-bond donors (Lipinski definition) is 0. The van der Waals surface area contributed by atoms with E-state index in [1.165, 1.54) is 25.3 Å². The van der Waals surface area contributed by atoms with E-state index in [-0.39, 0.29) is 5.82 Å². The predicted octanol–water partition coefficient (Wildman–Crippen LogP) is 4.19. The van der Waals surface area contributed by atoms with Gasteiger partial charge in [-0.05, 0) is 37.3 Å². The number of para-hydroxylation sites is 1. The molecule has 94 valence electrons. The van der Waals surface area contributed by atoms with E-state index < -0.39 is 0 Å². The zero-order chi connectivity index (χ0) is 12.3. The Morgan fingerprint density at radius 3 is 2.71 bits per heavy atom. The van der Waals surface area contributed by atoms with Crippen LogP contribution >= 0.6 is 11.6 Å². The van der Waals surface area contributed by atoms with Crippen LogP contribution in [0.4, 0.5) is 10.1 Å². The third-order valence-electron chi connectivity index (χ3n) is 3.62. The smallest absolute Gasteiger partial charge is 0.146 e. The molecule has 0 N–H and O–H groups in total. The van der Waals surface area contributed by atoms with Gasteiger partial charge in [0.15, 0.2) is 0 Å². The van der Waals surface area contributed by atoms with E-state index in [9.17, 15) is 4.39 Å². The van der Waals surface area contributed by atoms with Gasteiger partial charge in [0.05, 0.1) is 5.69 Å². The third kappa shape index (κ3) is 2.74. The molecule has 0 heterocycles. The van der Waals surface area contributed by atoms with E-state index in [1.807, 2.05) is 6.07 Å². The number of rotatable bonds is 5. The standard InChI is InChI=1S/C14H19ClFN/c1-2-17(10-11-5-3-6-11)14-12(9-15)7-4-8-13(14)16/h4,7-8,11H,2-3,5-6,9-10H2,1H3. The second kappa shape index (κ2) is 5.72. The van der Waals surface area contributed by atoms with Gasteiger partial charge in [0.1, 0.15) is 5.82 Å². The van der Waals surface area contributed by atoms with Crippen LogP contribution in [0.15, 0.2) is 18.2 Å². The molecular formula is C14H19ClFN. The summed E-state index contributed by atoms with van der Waals surface area (Å²) in [6.45, 7) is 3.87. The van der Waals surface area contributed by atoms with Crippen LogP contribution in [-0.4, -0.2) is 13.1 Å². The van der Waals surface area contributed by atoms with Crippen molar-refractivity contribution in [2.45, 2.75) is 32.1 Å². The fourth-order valence-corrected chi connectivity index (χ4v) is 2.60. The summed E-state index contributed by atoms with van der Waals surface area (Å²) < 4.78 is 13.9. The van der Waals surface area contributed by atoms with Gasteiger partial charge in [-0.2, -0.15) is 0 Å². The molecule has 0 aliphatic heterocycles. The van der Waals surface area contributed by atoms with Gasteiger partial charge in [0.2, 0.25) is 0 Å². The van der Waals surface area contributed by atoms with Gasteiger partial charge in [0.25, 0.3) is 0 Å². The van der Waals surface area contributed by atoms with Gasteiger partial charge >= 0.3 is 0 Å². The average molecular weight is 256 g/mol. The lowest BCUT2D eigenvalue weighted by molar-refractivity contribution is 0.317. The van der Waals surface area contributed by atoms with Crippen LogP contribution in [0.25, 0.3) is 0 Å². The molecule has 1 nitrogen and oxygen atoms in total. The molecule has 1 aliphatic carbocycles. The summed E-state index contributed by atoms with van der Waals surface area (Å²) in [5.74, 6) is 0.955. The first-order valence-corrected chi connectivity index (χ1v) is 6.88. The molecule has 2 rings (SSSR count). The van der Waals surface area contributed by atoms with Crippen molar-refractivity contribution in [1.82, 2.24) is 0 Å². The largest absolute Gasteiger partial charge is 0.369 e. The Balaban J connectivity index is 2.21. The van der Waals surface area contributed by atoms with Crippen LogP contribution in [0.1, 0.15) is 31.7 Å². The first-order valence-electron chi connectivity index (χ1n) is 6.34. The van der Waals surface area contributed by atoms with Crippen LogP contribution in [0.5, 0.6) is 0 Å². The van der Waals surface area contributed by atoms with Gasteiger partial charge in [-0.1, -0.05) is 18.6 Å². The van der Waals surface area contributed by atoms with Gasteiger partial charge in [-0.3, -0.25) is 0 Å². The highest BCUT2D eigenvalue weighted by molar-refractivity contribution is 6.17. The fourth-order valence-electron chi connectivity index (χ4n) is 2.39. The molecule has 1 fully saturated rings. The molecule has 0 unspecified atom stereocenters. The normalized spacial score (nSPS) is 15.7. The van der Waals surface area contributed by atoms with Crippen LogP contribution in [-0.2, 0) is 5.88 Å². The Labute approximate surface area is 108 Å². The molecule has 1 saturated carbocycles. The minimum absolute atomic E-state index is 0.149. The summed E-state index contributed by atoms with van der Waals surface area (Å²) >= 11 is 5.90. The average Bonchev–Trinajstić information content (AvgIpc) is 2.29. The van der Waals surface area contributed by atoms with Gasteiger partial charge in [-0.15, -0.1) is 11.6 Å². The predicted molar refractivity (Wildman–Crippen MR) is 71.2 cm³/mol. The second-order valence-corrected chi connectivity index (χ2v) is 4.98. The quantitative estimate of drug-likeness (QED) is 0.713. The Hall–Kier alpha value is -0.760. The highest BCUT2D eigenvalue weighted by Gasteiger charge is 2.22. The van der Waals surface area contributed by atoms with Crippen molar-refractivity contribution in [1.29, 1.82) is 0 Å². The Kier molecular flexibility index (Phi) is 4.27. The summed E-state index contributed by atoms with van der Waals surface area (Å²) in [7, 11) is 0. The molecular weight excluding hydrogens is 237 g/mol. The molecule has 0 amide bonds. The van der Waals surface area contributed by atoms with E-state index in [1.54, 1.807) is 6.07 Å². The van der Waals surface area contributed by atoms with Crippen molar-refractivity contribution in [2.75, 3.05) is 18.0 Å². The SMILES string of the molecule is CCN(CC1CCC1)c1c(F)cccc1CCl. The molecule has 1 aromatic rings. The Morgan fingerprint density at radius 2 is 2.18 bits per heavy atom. The van der Waals surface area contributed by atoms with E-state index in [2.05, 4.69) is 11.8 Å². The number of halogens is 2. The number of nitrogens with zero attached hydrogens (tertiary/aromatic N) is 1. The molecule has 1 aliphatic rings. The summed E-state index contributed by atoms with van der Waals surface area (Å²) in [6, 6.07) is 5.16. The van der Waals surface area contributed by atoms with Crippen molar-refractivity contribution in [3.05, 3.63) is 29.6 Å². The summed E-state index contributed by atoms with van der Waals surface area (Å²) in [6.07, 6.45) is 3.88. The maximum absolute atomic E-state index is 13.9. The van der Waals surface area contributed by atoms with Crippen molar-refractivity contribution in [3.8, 4) is 0 Å². The molecule has 0 aromatic heterocycles. The van der Waals surface area contributed by atoms with Gasteiger partial charge < -0.3 is 4.90 Å². The molecule has 0 saturated heterocycles. The van der Waals surface area contributed by atoms with Crippen molar-refractivity contribution < 1.29 is 4.39 Å². The molecule has 0 bridgehead atoms. The zero-order valence-corrected chi connectivity index (χ0v) is 11.0. The Morgan fingerprint density at radius 1 is 1.41 bits per heavy atom. The topological polar surface area (TPSA) is 3.24 Å². The van der Waals surface area contributed by atoms with Crippen molar-refractivity contribution >= 4 is 17.3 Å². The highest BCUT2D eigenvalue weighted by atomic mass is 35.5. The lowest BCUT2D eigenvalue weighted by atomic mass is 9.85. The monoisotopic (exact) mass is 255 g/mol. The van der Waals surface area contributed by atoms with Gasteiger partial charge in [0, 0.05) is 19.0 Å². The van der Waals surface area contributed by atoms with E-state index >= 15 is 0 Å². The molecule has 0 radical (unpaired) electrons. The maximum atomic E-state index is 13.9. The number of alkyl halides is 1. The maximum Gasteiger partial charge on any atom is 0.146 e. The first kappa shape index (κ1) is 12.7. The number of hydrogen-bond acceptors (Lipinski definition) is 1. The number of benzene rings is 1. The van der Waals surface area contributed by atoms with Crippen LogP contribution in [0.2, 0.25) is 0 Å². The molecule has 1 aromatic carbocycles. The number of anilines is 1. The molecule has 0 spiro atoms.